The van der Waals surface area contributed by atoms with Crippen LogP contribution in [0.4, 0.5) is 5.00 Å². The first-order chi connectivity index (χ1) is 13.9. The summed E-state index contributed by atoms with van der Waals surface area (Å²) in [5, 5.41) is 5.05. The number of esters is 1. The van der Waals surface area contributed by atoms with Crippen LogP contribution in [0, 0.1) is 6.92 Å². The van der Waals surface area contributed by atoms with Crippen LogP contribution in [0.1, 0.15) is 39.4 Å². The van der Waals surface area contributed by atoms with Crippen molar-refractivity contribution in [2.75, 3.05) is 18.5 Å². The van der Waals surface area contributed by atoms with Crippen molar-refractivity contribution in [2.24, 2.45) is 0 Å². The van der Waals surface area contributed by atoms with E-state index in [1.54, 1.807) is 19.9 Å². The van der Waals surface area contributed by atoms with E-state index >= 15 is 0 Å². The van der Waals surface area contributed by atoms with Crippen LogP contribution in [0.3, 0.4) is 0 Å². The molecule has 0 saturated heterocycles. The van der Waals surface area contributed by atoms with Gasteiger partial charge in [0.05, 0.1) is 17.0 Å². The molecule has 150 valence electrons. The van der Waals surface area contributed by atoms with Crippen molar-refractivity contribution >= 4 is 44.8 Å². The topological polar surface area (TPSA) is 81.7 Å². The molecule has 0 spiro atoms. The van der Waals surface area contributed by atoms with E-state index in [1.165, 1.54) is 6.92 Å². The predicted octanol–water partition coefficient (Wildman–Crippen LogP) is 4.61. The smallest absolute Gasteiger partial charge is 0.341 e. The summed E-state index contributed by atoms with van der Waals surface area (Å²) >= 11 is 1.06. The van der Waals surface area contributed by atoms with Gasteiger partial charge in [0, 0.05) is 0 Å². The van der Waals surface area contributed by atoms with Crippen molar-refractivity contribution < 1.29 is 23.9 Å². The maximum absolute atomic E-state index is 12.4. The zero-order valence-corrected chi connectivity index (χ0v) is 17.2. The number of hydrogen-bond donors (Lipinski definition) is 1. The minimum atomic E-state index is -0.570. The van der Waals surface area contributed by atoms with Gasteiger partial charge in [-0.05, 0) is 49.2 Å². The highest BCUT2D eigenvalue weighted by Gasteiger charge is 2.25. The third kappa shape index (κ3) is 4.63. The summed E-state index contributed by atoms with van der Waals surface area (Å²) in [6.07, 6.45) is 0. The fourth-order valence-corrected chi connectivity index (χ4v) is 4.06. The van der Waals surface area contributed by atoms with E-state index in [1.807, 2.05) is 36.4 Å². The summed E-state index contributed by atoms with van der Waals surface area (Å²) in [6, 6.07) is 13.4. The molecule has 0 aliphatic rings. The molecule has 1 amide bonds. The van der Waals surface area contributed by atoms with Gasteiger partial charge in [-0.2, -0.15) is 0 Å². The van der Waals surface area contributed by atoms with Crippen LogP contribution in [0.25, 0.3) is 10.8 Å². The molecular weight excluding hydrogens is 390 g/mol. The number of Topliss-reactive ketones (excluding diaryl/α,β-unsaturated/α-hetero) is 1. The molecule has 0 aliphatic heterocycles. The second-order valence-corrected chi connectivity index (χ2v) is 7.40. The molecule has 29 heavy (non-hydrogen) atoms. The second kappa shape index (κ2) is 8.87. The summed E-state index contributed by atoms with van der Waals surface area (Å²) in [6.45, 7) is 4.75. The molecule has 0 atom stereocenters. The molecule has 0 radical (unpaired) electrons. The van der Waals surface area contributed by atoms with Crippen LogP contribution in [-0.4, -0.2) is 30.9 Å². The summed E-state index contributed by atoms with van der Waals surface area (Å²) in [5.74, 6) is -0.609. The monoisotopic (exact) mass is 411 g/mol. The summed E-state index contributed by atoms with van der Waals surface area (Å²) in [7, 11) is 0. The Balaban J connectivity index is 1.74. The second-order valence-electron chi connectivity index (χ2n) is 6.38. The molecule has 2 aromatic carbocycles. The molecule has 0 saturated carbocycles. The van der Waals surface area contributed by atoms with E-state index in [0.717, 1.165) is 22.1 Å². The number of hydrogen-bond acceptors (Lipinski definition) is 6. The van der Waals surface area contributed by atoms with Crippen LogP contribution in [-0.2, 0) is 9.53 Å². The van der Waals surface area contributed by atoms with E-state index < -0.39 is 11.9 Å². The molecule has 1 heterocycles. The molecule has 6 nitrogen and oxygen atoms in total. The Kier molecular flexibility index (Phi) is 6.29. The molecule has 0 unspecified atom stereocenters. The van der Waals surface area contributed by atoms with Gasteiger partial charge < -0.3 is 14.8 Å². The molecule has 3 rings (SSSR count). The largest absolute Gasteiger partial charge is 0.484 e. The van der Waals surface area contributed by atoms with E-state index in [4.69, 9.17) is 9.47 Å². The molecule has 1 aromatic heterocycles. The quantitative estimate of drug-likeness (QED) is 0.454. The van der Waals surface area contributed by atoms with Gasteiger partial charge >= 0.3 is 5.97 Å². The van der Waals surface area contributed by atoms with Crippen molar-refractivity contribution in [1.82, 2.24) is 0 Å². The number of ketones is 1. The van der Waals surface area contributed by atoms with Crippen LogP contribution in [0.15, 0.2) is 42.5 Å². The lowest BCUT2D eigenvalue weighted by Crippen LogP contribution is -2.21. The summed E-state index contributed by atoms with van der Waals surface area (Å²) in [4.78, 5) is 37.0. The number of thiophene rings is 1. The number of ether oxygens (including phenoxy) is 2. The van der Waals surface area contributed by atoms with E-state index in [-0.39, 0.29) is 24.6 Å². The number of carbonyl (C=O) groups excluding carboxylic acids is 3. The standard InChI is InChI=1S/C22H21NO5S/c1-4-27-22(26)19-13(2)20(14(3)24)29-21(19)23-18(25)12-28-17-10-9-15-7-5-6-8-16(15)11-17/h5-11H,4,12H2,1-3H3,(H,23,25). The van der Waals surface area contributed by atoms with Gasteiger partial charge in [0.15, 0.2) is 12.4 Å². The Bertz CT molecular complexity index is 1090. The number of carbonyl (C=O) groups is 3. The molecule has 0 bridgehead atoms. The molecular formula is C22H21NO5S. The number of anilines is 1. The highest BCUT2D eigenvalue weighted by Crippen LogP contribution is 2.34. The average Bonchev–Trinajstić information content (AvgIpc) is 3.02. The van der Waals surface area contributed by atoms with Crippen molar-refractivity contribution in [2.45, 2.75) is 20.8 Å². The Hall–Kier alpha value is -3.19. The Morgan fingerprint density at radius 1 is 1.07 bits per heavy atom. The Labute approximate surface area is 172 Å². The zero-order chi connectivity index (χ0) is 21.0. The molecule has 1 N–H and O–H groups in total. The number of benzene rings is 2. The van der Waals surface area contributed by atoms with Crippen molar-refractivity contribution in [3.8, 4) is 5.75 Å². The van der Waals surface area contributed by atoms with E-state index in [0.29, 0.717) is 21.2 Å². The first kappa shape index (κ1) is 20.5. The maximum Gasteiger partial charge on any atom is 0.341 e. The number of amides is 1. The molecule has 0 aliphatic carbocycles. The highest BCUT2D eigenvalue weighted by molar-refractivity contribution is 7.18. The molecule has 3 aromatic rings. The van der Waals surface area contributed by atoms with E-state index in [2.05, 4.69) is 5.32 Å². The van der Waals surface area contributed by atoms with Gasteiger partial charge in [0.1, 0.15) is 10.8 Å². The van der Waals surface area contributed by atoms with Gasteiger partial charge in [-0.1, -0.05) is 30.3 Å². The SMILES string of the molecule is CCOC(=O)c1c(NC(=O)COc2ccc3ccccc3c2)sc(C(C)=O)c1C. The zero-order valence-electron chi connectivity index (χ0n) is 16.4. The van der Waals surface area contributed by atoms with Gasteiger partial charge in [0.2, 0.25) is 0 Å². The fourth-order valence-electron chi connectivity index (χ4n) is 2.96. The van der Waals surface area contributed by atoms with E-state index in [9.17, 15) is 14.4 Å². The highest BCUT2D eigenvalue weighted by atomic mass is 32.1. The Morgan fingerprint density at radius 2 is 1.79 bits per heavy atom. The Morgan fingerprint density at radius 3 is 2.48 bits per heavy atom. The molecule has 7 heteroatoms. The summed E-state index contributed by atoms with van der Waals surface area (Å²) in [5.41, 5.74) is 0.716. The lowest BCUT2D eigenvalue weighted by Gasteiger charge is -2.09. The lowest BCUT2D eigenvalue weighted by molar-refractivity contribution is -0.118. The lowest BCUT2D eigenvalue weighted by atomic mass is 10.1. The number of fused-ring (bicyclic) bond motifs is 1. The van der Waals surface area contributed by atoms with Crippen molar-refractivity contribution in [3.05, 3.63) is 58.5 Å². The van der Waals surface area contributed by atoms with Crippen LogP contribution in [0.5, 0.6) is 5.75 Å². The first-order valence-corrected chi connectivity index (χ1v) is 9.95. The van der Waals surface area contributed by atoms with Crippen LogP contribution >= 0.6 is 11.3 Å². The average molecular weight is 411 g/mol. The van der Waals surface area contributed by atoms with Gasteiger partial charge in [0.25, 0.3) is 5.91 Å². The number of nitrogens with one attached hydrogen (secondary N) is 1. The predicted molar refractivity (Wildman–Crippen MR) is 113 cm³/mol. The molecule has 0 fully saturated rings. The van der Waals surface area contributed by atoms with Crippen molar-refractivity contribution in [1.29, 1.82) is 0 Å². The normalized spacial score (nSPS) is 10.6. The minimum Gasteiger partial charge on any atom is -0.484 e. The third-order valence-corrected chi connectivity index (χ3v) is 5.60. The third-order valence-electron chi connectivity index (χ3n) is 4.29. The number of rotatable bonds is 7. The van der Waals surface area contributed by atoms with Gasteiger partial charge in [-0.25, -0.2) is 4.79 Å². The minimum absolute atomic E-state index is 0.175. The fraction of sp³-hybridized carbons (Fsp3) is 0.227. The van der Waals surface area contributed by atoms with Gasteiger partial charge in [-0.15, -0.1) is 11.3 Å². The van der Waals surface area contributed by atoms with Crippen LogP contribution < -0.4 is 10.1 Å². The van der Waals surface area contributed by atoms with Gasteiger partial charge in [-0.3, -0.25) is 9.59 Å². The first-order valence-electron chi connectivity index (χ1n) is 9.13. The summed E-state index contributed by atoms with van der Waals surface area (Å²) < 4.78 is 10.7. The van der Waals surface area contributed by atoms with Crippen molar-refractivity contribution in [3.63, 3.8) is 0 Å². The maximum atomic E-state index is 12.4. The van der Waals surface area contributed by atoms with Crippen LogP contribution in [0.2, 0.25) is 0 Å².